The zero-order valence-electron chi connectivity index (χ0n) is 14.1. The number of rotatable bonds is 5. The molecule has 6 heteroatoms. The fraction of sp³-hybridized carbons (Fsp3) is 0.474. The Morgan fingerprint density at radius 1 is 1.12 bits per heavy atom. The van der Waals surface area contributed by atoms with E-state index >= 15 is 0 Å². The summed E-state index contributed by atoms with van der Waals surface area (Å²) in [4.78, 5) is 6.57. The molecule has 0 N–H and O–H groups in total. The molecule has 2 aliphatic rings. The lowest BCUT2D eigenvalue weighted by atomic mass is 9.97. The second-order valence-electron chi connectivity index (χ2n) is 6.80. The van der Waals surface area contributed by atoms with E-state index in [9.17, 15) is 5.26 Å². The molecule has 2 aromatic heterocycles. The minimum atomic E-state index is 0.496. The Kier molecular flexibility index (Phi) is 4.47. The van der Waals surface area contributed by atoms with Gasteiger partial charge >= 0.3 is 0 Å². The van der Waals surface area contributed by atoms with Crippen molar-refractivity contribution in [3.63, 3.8) is 0 Å². The Labute approximate surface area is 147 Å². The molecule has 1 aliphatic carbocycles. The molecule has 0 aromatic carbocycles. The zero-order valence-corrected chi connectivity index (χ0v) is 14.1. The van der Waals surface area contributed by atoms with Crippen molar-refractivity contribution >= 4 is 5.82 Å². The summed E-state index contributed by atoms with van der Waals surface area (Å²) in [6, 6.07) is 9.82. The number of hydrogen-bond donors (Lipinski definition) is 0. The van der Waals surface area contributed by atoms with Gasteiger partial charge in [-0.2, -0.15) is 10.4 Å². The maximum atomic E-state index is 9.22. The lowest BCUT2D eigenvalue weighted by Crippen LogP contribution is -2.36. The van der Waals surface area contributed by atoms with Gasteiger partial charge in [0.1, 0.15) is 11.9 Å². The van der Waals surface area contributed by atoms with Crippen molar-refractivity contribution in [1.29, 1.82) is 5.26 Å². The highest BCUT2D eigenvalue weighted by Gasteiger charge is 2.25. The van der Waals surface area contributed by atoms with Gasteiger partial charge in [-0.3, -0.25) is 0 Å². The van der Waals surface area contributed by atoms with Crippen LogP contribution in [-0.2, 0) is 0 Å². The average molecular weight is 335 g/mol. The van der Waals surface area contributed by atoms with Gasteiger partial charge in [0.15, 0.2) is 0 Å². The van der Waals surface area contributed by atoms with Crippen LogP contribution in [0.4, 0.5) is 5.82 Å². The van der Waals surface area contributed by atoms with E-state index in [4.69, 9.17) is 4.74 Å². The van der Waals surface area contributed by atoms with Gasteiger partial charge < -0.3 is 9.64 Å². The summed E-state index contributed by atoms with van der Waals surface area (Å²) in [5.41, 5.74) is 1.73. The Morgan fingerprint density at radius 2 is 1.96 bits per heavy atom. The first-order valence-electron chi connectivity index (χ1n) is 8.90. The van der Waals surface area contributed by atoms with Crippen molar-refractivity contribution < 1.29 is 4.74 Å². The minimum absolute atomic E-state index is 0.496. The first-order valence-corrected chi connectivity index (χ1v) is 8.90. The number of nitriles is 1. The normalized spacial score (nSPS) is 18.0. The highest BCUT2D eigenvalue weighted by Crippen LogP contribution is 2.38. The van der Waals surface area contributed by atoms with Crippen LogP contribution < -0.4 is 9.64 Å². The highest BCUT2D eigenvalue weighted by atomic mass is 16.5. The predicted molar refractivity (Wildman–Crippen MR) is 93.4 cm³/mol. The second-order valence-corrected chi connectivity index (χ2v) is 6.80. The minimum Gasteiger partial charge on any atom is -0.476 e. The lowest BCUT2D eigenvalue weighted by molar-refractivity contribution is 0.214. The van der Waals surface area contributed by atoms with E-state index in [0.29, 0.717) is 29.9 Å². The summed E-state index contributed by atoms with van der Waals surface area (Å²) in [6.45, 7) is 2.46. The maximum Gasteiger partial charge on any atom is 0.233 e. The fourth-order valence-corrected chi connectivity index (χ4v) is 3.26. The van der Waals surface area contributed by atoms with Crippen LogP contribution in [0, 0.1) is 17.2 Å². The summed E-state index contributed by atoms with van der Waals surface area (Å²) in [7, 11) is 0. The number of aromatic nitrogens is 3. The van der Waals surface area contributed by atoms with Crippen LogP contribution in [0.2, 0.25) is 0 Å². The first-order chi connectivity index (χ1) is 12.3. The number of anilines is 1. The van der Waals surface area contributed by atoms with E-state index in [1.807, 2.05) is 18.2 Å². The van der Waals surface area contributed by atoms with Crippen LogP contribution in [0.15, 0.2) is 30.5 Å². The molecule has 0 amide bonds. The molecular formula is C19H21N5O. The van der Waals surface area contributed by atoms with Crippen LogP contribution in [-0.4, -0.2) is 34.9 Å². The molecule has 1 aliphatic heterocycles. The quantitative estimate of drug-likeness (QED) is 0.836. The summed E-state index contributed by atoms with van der Waals surface area (Å²) in [5.74, 6) is 2.53. The molecule has 2 aromatic rings. The molecule has 1 saturated heterocycles. The average Bonchev–Trinajstić information content (AvgIpc) is 3.52. The number of pyridine rings is 1. The van der Waals surface area contributed by atoms with Gasteiger partial charge in [-0.05, 0) is 49.8 Å². The van der Waals surface area contributed by atoms with E-state index in [1.165, 1.54) is 12.8 Å². The van der Waals surface area contributed by atoms with Gasteiger partial charge in [-0.1, -0.05) is 0 Å². The third-order valence-electron chi connectivity index (χ3n) is 4.94. The third kappa shape index (κ3) is 3.71. The first kappa shape index (κ1) is 15.8. The summed E-state index contributed by atoms with van der Waals surface area (Å²) in [6.07, 6.45) is 6.26. The van der Waals surface area contributed by atoms with Crippen LogP contribution in [0.5, 0.6) is 5.88 Å². The van der Waals surface area contributed by atoms with Gasteiger partial charge in [0.2, 0.25) is 5.88 Å². The van der Waals surface area contributed by atoms with E-state index in [-0.39, 0.29) is 0 Å². The van der Waals surface area contributed by atoms with Gasteiger partial charge in [0.05, 0.1) is 17.9 Å². The molecule has 128 valence electrons. The standard InChI is InChI=1S/C19H21N5O/c20-12-16-2-1-9-21-19(16)24-10-7-14(8-11-24)13-25-18-6-5-17(22-23-18)15-3-4-15/h1-2,5-6,9,14-15H,3-4,7-8,10-11,13H2. The summed E-state index contributed by atoms with van der Waals surface area (Å²) >= 11 is 0. The van der Waals surface area contributed by atoms with E-state index in [0.717, 1.165) is 37.4 Å². The summed E-state index contributed by atoms with van der Waals surface area (Å²) < 4.78 is 5.83. The Bertz CT molecular complexity index is 758. The molecule has 1 saturated carbocycles. The summed E-state index contributed by atoms with van der Waals surface area (Å²) in [5, 5.41) is 17.7. The predicted octanol–water partition coefficient (Wildman–Crippen LogP) is 2.92. The molecule has 0 radical (unpaired) electrons. The van der Waals surface area contributed by atoms with Crippen molar-refractivity contribution in [3.8, 4) is 11.9 Å². The number of ether oxygens (including phenoxy) is 1. The van der Waals surface area contributed by atoms with Crippen molar-refractivity contribution in [1.82, 2.24) is 15.2 Å². The van der Waals surface area contributed by atoms with Gasteiger partial charge in [-0.25, -0.2) is 4.98 Å². The number of hydrogen-bond acceptors (Lipinski definition) is 6. The topological polar surface area (TPSA) is 74.9 Å². The maximum absolute atomic E-state index is 9.22. The van der Waals surface area contributed by atoms with Crippen molar-refractivity contribution in [2.75, 3.05) is 24.6 Å². The zero-order chi connectivity index (χ0) is 17.1. The second kappa shape index (κ2) is 7.06. The molecule has 0 unspecified atom stereocenters. The van der Waals surface area contributed by atoms with Crippen molar-refractivity contribution in [2.45, 2.75) is 31.6 Å². The van der Waals surface area contributed by atoms with Gasteiger partial charge in [0.25, 0.3) is 0 Å². The highest BCUT2D eigenvalue weighted by molar-refractivity contribution is 5.53. The Hall–Kier alpha value is -2.68. The van der Waals surface area contributed by atoms with Crippen LogP contribution in [0.1, 0.15) is 42.9 Å². The largest absolute Gasteiger partial charge is 0.476 e. The SMILES string of the molecule is N#Cc1cccnc1N1CCC(COc2ccc(C3CC3)nn2)CC1. The molecule has 0 spiro atoms. The van der Waals surface area contributed by atoms with E-state index in [1.54, 1.807) is 12.3 Å². The van der Waals surface area contributed by atoms with Crippen molar-refractivity contribution in [3.05, 3.63) is 41.7 Å². The van der Waals surface area contributed by atoms with Crippen LogP contribution in [0.25, 0.3) is 0 Å². The van der Waals surface area contributed by atoms with Crippen LogP contribution >= 0.6 is 0 Å². The number of piperidine rings is 1. The van der Waals surface area contributed by atoms with Crippen LogP contribution in [0.3, 0.4) is 0 Å². The molecule has 25 heavy (non-hydrogen) atoms. The Balaban J connectivity index is 1.28. The molecule has 3 heterocycles. The smallest absolute Gasteiger partial charge is 0.233 e. The van der Waals surface area contributed by atoms with E-state index in [2.05, 4.69) is 26.2 Å². The monoisotopic (exact) mass is 335 g/mol. The van der Waals surface area contributed by atoms with Crippen molar-refractivity contribution in [2.24, 2.45) is 5.92 Å². The fourth-order valence-electron chi connectivity index (χ4n) is 3.26. The van der Waals surface area contributed by atoms with E-state index < -0.39 is 0 Å². The molecule has 2 fully saturated rings. The Morgan fingerprint density at radius 3 is 2.64 bits per heavy atom. The van der Waals surface area contributed by atoms with Gasteiger partial charge in [-0.15, -0.1) is 5.10 Å². The third-order valence-corrected chi connectivity index (χ3v) is 4.94. The molecule has 4 rings (SSSR count). The van der Waals surface area contributed by atoms with Gasteiger partial charge in [0, 0.05) is 31.3 Å². The molecular weight excluding hydrogens is 314 g/mol. The molecule has 6 nitrogen and oxygen atoms in total. The molecule has 0 atom stereocenters. The lowest BCUT2D eigenvalue weighted by Gasteiger charge is -2.32. The number of nitrogens with zero attached hydrogens (tertiary/aromatic N) is 5. The molecule has 0 bridgehead atoms.